The fraction of sp³-hybridized carbons (Fsp3) is 0.810. The largest absolute Gasteiger partial charge is 1.00 e. The summed E-state index contributed by atoms with van der Waals surface area (Å²) in [5.74, 6) is -1.85. The van der Waals surface area contributed by atoms with Gasteiger partial charge in [0.25, 0.3) is 10.1 Å². The van der Waals surface area contributed by atoms with Crippen molar-refractivity contribution in [1.82, 2.24) is 0 Å². The molecular weight excluding hydrogens is 419 g/mol. The van der Waals surface area contributed by atoms with Gasteiger partial charge in [0, 0.05) is 12.2 Å². The second kappa shape index (κ2) is 21.8. The molecule has 0 saturated heterocycles. The summed E-state index contributed by atoms with van der Waals surface area (Å²) in [6, 6.07) is 0. The van der Waals surface area contributed by atoms with Gasteiger partial charge in [0.05, 0.1) is 19.0 Å². The summed E-state index contributed by atoms with van der Waals surface area (Å²) in [6.07, 6.45) is 16.7. The van der Waals surface area contributed by atoms with Gasteiger partial charge in [-0.25, -0.2) is 9.59 Å². The molecule has 0 fully saturated rings. The van der Waals surface area contributed by atoms with E-state index in [1.54, 1.807) is 0 Å². The third-order valence-electron chi connectivity index (χ3n) is 4.39. The van der Waals surface area contributed by atoms with E-state index >= 15 is 0 Å². The van der Waals surface area contributed by atoms with Gasteiger partial charge in [-0.1, -0.05) is 77.6 Å². The molecule has 9 heteroatoms. The fourth-order valence-corrected chi connectivity index (χ4v) is 3.24. The number of unbranched alkanes of at least 4 members (excludes halogenated alkanes) is 11. The predicted octanol–water partition coefficient (Wildman–Crippen LogP) is 1.72. The van der Waals surface area contributed by atoms with Crippen LogP contribution in [0.1, 0.15) is 91.8 Å². The maximum atomic E-state index is 11.5. The number of hydrogen-bond donors (Lipinski definition) is 1. The first kappa shape index (κ1) is 31.8. The monoisotopic (exact) mass is 458 g/mol. The summed E-state index contributed by atoms with van der Waals surface area (Å²) < 4.78 is 39.2. The SMILES string of the molecule is CCCCCCCCCCCCCCOC(=O)C=CC(=O)OCCCS(=O)(=O)O.[H-].[Na+]. The molecule has 172 valence electrons. The Bertz CT molecular complexity index is 568. The van der Waals surface area contributed by atoms with Crippen LogP contribution in [-0.2, 0) is 29.2 Å². The molecule has 1 N–H and O–H groups in total. The topological polar surface area (TPSA) is 107 Å². The van der Waals surface area contributed by atoms with Crippen molar-refractivity contribution in [2.75, 3.05) is 19.0 Å². The molecule has 0 aliphatic rings. The second-order valence-electron chi connectivity index (χ2n) is 7.20. The summed E-state index contributed by atoms with van der Waals surface area (Å²) in [5.41, 5.74) is 0. The molecule has 0 radical (unpaired) electrons. The molecule has 0 rings (SSSR count). The van der Waals surface area contributed by atoms with E-state index in [9.17, 15) is 18.0 Å². The van der Waals surface area contributed by atoms with Crippen LogP contribution < -0.4 is 29.6 Å². The van der Waals surface area contributed by atoms with Gasteiger partial charge in [-0.3, -0.25) is 4.55 Å². The number of rotatable bonds is 19. The maximum Gasteiger partial charge on any atom is 1.00 e. The van der Waals surface area contributed by atoms with Crippen LogP contribution >= 0.6 is 0 Å². The van der Waals surface area contributed by atoms with Gasteiger partial charge < -0.3 is 10.9 Å². The van der Waals surface area contributed by atoms with Crippen molar-refractivity contribution < 1.29 is 63.0 Å². The molecule has 0 aromatic carbocycles. The molecule has 0 atom stereocenters. The van der Waals surface area contributed by atoms with Crippen molar-refractivity contribution in [3.8, 4) is 0 Å². The van der Waals surface area contributed by atoms with E-state index < -0.39 is 27.8 Å². The Labute approximate surface area is 205 Å². The van der Waals surface area contributed by atoms with Crippen LogP contribution in [0.15, 0.2) is 12.2 Å². The van der Waals surface area contributed by atoms with E-state index in [1.165, 1.54) is 57.8 Å². The standard InChI is InChI=1S/C21H38O7S.Na.H/c1-2-3-4-5-6-7-8-9-10-11-12-13-17-27-20(22)15-16-21(23)28-18-14-19-29(24,25)26;;/h15-16H,2-14,17-19H2,1H3,(H,24,25,26);;/q;+1;-1. The van der Waals surface area contributed by atoms with Crippen LogP contribution in [0, 0.1) is 0 Å². The Morgan fingerprint density at radius 1 is 0.733 bits per heavy atom. The molecule has 30 heavy (non-hydrogen) atoms. The number of ether oxygens (including phenoxy) is 2. The van der Waals surface area contributed by atoms with Crippen molar-refractivity contribution in [3.05, 3.63) is 12.2 Å². The van der Waals surface area contributed by atoms with Crippen LogP contribution in [0.25, 0.3) is 0 Å². The number of hydrogen-bond acceptors (Lipinski definition) is 6. The van der Waals surface area contributed by atoms with Crippen molar-refractivity contribution in [3.63, 3.8) is 0 Å². The number of carbonyl (C=O) groups excluding carboxylic acids is 2. The van der Waals surface area contributed by atoms with Crippen LogP contribution in [0.2, 0.25) is 0 Å². The molecule has 7 nitrogen and oxygen atoms in total. The Morgan fingerprint density at radius 3 is 1.50 bits per heavy atom. The molecule has 0 aliphatic heterocycles. The van der Waals surface area contributed by atoms with Gasteiger partial charge in [-0.2, -0.15) is 8.42 Å². The third kappa shape index (κ3) is 25.6. The van der Waals surface area contributed by atoms with Gasteiger partial charge >= 0.3 is 41.5 Å². The fourth-order valence-electron chi connectivity index (χ4n) is 2.76. The van der Waals surface area contributed by atoms with Crippen LogP contribution in [0.3, 0.4) is 0 Å². The quantitative estimate of drug-likeness (QED) is 0.103. The van der Waals surface area contributed by atoms with Crippen molar-refractivity contribution in [2.24, 2.45) is 0 Å². The van der Waals surface area contributed by atoms with Gasteiger partial charge in [0.2, 0.25) is 0 Å². The molecule has 0 saturated carbocycles. The Balaban J connectivity index is -0.00000392. The van der Waals surface area contributed by atoms with Crippen molar-refractivity contribution in [1.29, 1.82) is 0 Å². The predicted molar refractivity (Wildman–Crippen MR) is 114 cm³/mol. The molecule has 0 amide bonds. The van der Waals surface area contributed by atoms with Crippen molar-refractivity contribution >= 4 is 22.1 Å². The van der Waals surface area contributed by atoms with E-state index in [0.717, 1.165) is 31.4 Å². The number of carbonyl (C=O) groups is 2. The minimum absolute atomic E-state index is 0. The molecular formula is C21H39NaO7S. The smallest absolute Gasteiger partial charge is 1.00 e. The first-order valence-corrected chi connectivity index (χ1v) is 12.4. The van der Waals surface area contributed by atoms with E-state index in [0.29, 0.717) is 6.61 Å². The van der Waals surface area contributed by atoms with E-state index in [1.807, 2.05) is 0 Å². The molecule has 0 aliphatic carbocycles. The summed E-state index contributed by atoms with van der Waals surface area (Å²) in [5, 5.41) is 0. The second-order valence-corrected chi connectivity index (χ2v) is 8.77. The molecule has 0 bridgehead atoms. The Kier molecular flexibility index (Phi) is 23.1. The molecule has 0 aromatic rings. The van der Waals surface area contributed by atoms with E-state index in [2.05, 4.69) is 6.92 Å². The molecule has 0 unspecified atom stereocenters. The first-order chi connectivity index (χ1) is 13.8. The van der Waals surface area contributed by atoms with E-state index in [4.69, 9.17) is 14.0 Å². The molecule has 0 heterocycles. The average molecular weight is 459 g/mol. The summed E-state index contributed by atoms with van der Waals surface area (Å²) in [4.78, 5) is 22.8. The Hall–Kier alpha value is -0.410. The van der Waals surface area contributed by atoms with Gasteiger partial charge in [-0.05, 0) is 12.8 Å². The average Bonchev–Trinajstić information content (AvgIpc) is 2.66. The van der Waals surface area contributed by atoms with Crippen molar-refractivity contribution in [2.45, 2.75) is 90.4 Å². The minimum atomic E-state index is -4.06. The zero-order chi connectivity index (χ0) is 21.8. The van der Waals surface area contributed by atoms with Gasteiger partial charge in [0.15, 0.2) is 0 Å². The normalized spacial score (nSPS) is 11.3. The van der Waals surface area contributed by atoms with Gasteiger partial charge in [-0.15, -0.1) is 0 Å². The first-order valence-electron chi connectivity index (χ1n) is 10.8. The van der Waals surface area contributed by atoms with E-state index in [-0.39, 0.29) is 44.0 Å². The van der Waals surface area contributed by atoms with Crippen LogP contribution in [0.5, 0.6) is 0 Å². The maximum absolute atomic E-state index is 11.5. The summed E-state index contributed by atoms with van der Waals surface area (Å²) in [7, 11) is -4.06. The number of esters is 2. The minimum Gasteiger partial charge on any atom is -1.00 e. The zero-order valence-corrected chi connectivity index (χ0v) is 21.6. The molecule has 0 aromatic heterocycles. The summed E-state index contributed by atoms with van der Waals surface area (Å²) in [6.45, 7) is 2.40. The van der Waals surface area contributed by atoms with Gasteiger partial charge in [0.1, 0.15) is 0 Å². The zero-order valence-electron chi connectivity index (χ0n) is 19.8. The third-order valence-corrected chi connectivity index (χ3v) is 5.19. The van der Waals surface area contributed by atoms with Crippen LogP contribution in [-0.4, -0.2) is 43.9 Å². The molecule has 0 spiro atoms. The summed E-state index contributed by atoms with van der Waals surface area (Å²) >= 11 is 0. The van der Waals surface area contributed by atoms with Crippen LogP contribution in [0.4, 0.5) is 0 Å². The Morgan fingerprint density at radius 2 is 1.10 bits per heavy atom.